The first-order valence-corrected chi connectivity index (χ1v) is 8.39. The van der Waals surface area contributed by atoms with Gasteiger partial charge in [0.15, 0.2) is 0 Å². The van der Waals surface area contributed by atoms with Crippen molar-refractivity contribution in [3.8, 4) is 23.4 Å². The summed E-state index contributed by atoms with van der Waals surface area (Å²) in [5.41, 5.74) is 1.99. The molecule has 2 aromatic heterocycles. The Labute approximate surface area is 155 Å². The molecule has 0 aliphatic carbocycles. The normalized spacial score (nSPS) is 10.7. The lowest BCUT2D eigenvalue weighted by Gasteiger charge is -2.11. The highest BCUT2D eigenvalue weighted by molar-refractivity contribution is 5.34. The molecule has 0 unspecified atom stereocenters. The van der Waals surface area contributed by atoms with Crippen LogP contribution in [0.3, 0.4) is 0 Å². The first-order valence-electron chi connectivity index (χ1n) is 8.39. The molecular weight excluding hydrogens is 354 g/mol. The van der Waals surface area contributed by atoms with E-state index < -0.39 is 6.61 Å². The molecule has 5 nitrogen and oxygen atoms in total. The molecule has 0 atom stereocenters. The molecule has 0 bridgehead atoms. The molecule has 1 aromatic carbocycles. The van der Waals surface area contributed by atoms with Gasteiger partial charge < -0.3 is 14.2 Å². The third-order valence-electron chi connectivity index (χ3n) is 3.61. The van der Waals surface area contributed by atoms with Gasteiger partial charge in [-0.1, -0.05) is 37.3 Å². The largest absolute Gasteiger partial charge is 0.473 e. The van der Waals surface area contributed by atoms with Gasteiger partial charge in [0.2, 0.25) is 17.6 Å². The maximum Gasteiger partial charge on any atom is 0.388 e. The Hall–Kier alpha value is -3.22. The van der Waals surface area contributed by atoms with Crippen LogP contribution in [0.4, 0.5) is 8.78 Å². The van der Waals surface area contributed by atoms with Crippen LogP contribution in [0.1, 0.15) is 18.1 Å². The first kappa shape index (κ1) is 18.6. The van der Waals surface area contributed by atoms with E-state index in [1.165, 1.54) is 18.3 Å². The fraction of sp³-hybridized carbons (Fsp3) is 0.200. The van der Waals surface area contributed by atoms with Crippen molar-refractivity contribution < 1.29 is 23.0 Å². The Morgan fingerprint density at radius 2 is 1.70 bits per heavy atom. The molecule has 0 saturated heterocycles. The molecular formula is C20H18F2N2O3. The van der Waals surface area contributed by atoms with Crippen LogP contribution in [0.2, 0.25) is 0 Å². The lowest BCUT2D eigenvalue weighted by Crippen LogP contribution is -2.03. The summed E-state index contributed by atoms with van der Waals surface area (Å²) < 4.78 is 40.4. The van der Waals surface area contributed by atoms with Crippen molar-refractivity contribution in [1.82, 2.24) is 9.97 Å². The van der Waals surface area contributed by atoms with Gasteiger partial charge in [0.25, 0.3) is 0 Å². The molecule has 0 aliphatic heterocycles. The smallest absolute Gasteiger partial charge is 0.388 e. The van der Waals surface area contributed by atoms with E-state index in [1.54, 1.807) is 6.07 Å². The fourth-order valence-corrected chi connectivity index (χ4v) is 2.33. The molecule has 0 fully saturated rings. The van der Waals surface area contributed by atoms with Gasteiger partial charge in [0, 0.05) is 24.4 Å². The third kappa shape index (κ3) is 5.64. The predicted octanol–water partition coefficient (Wildman–Crippen LogP) is 5.01. The number of hydrogen-bond acceptors (Lipinski definition) is 5. The van der Waals surface area contributed by atoms with Crippen LogP contribution < -0.4 is 14.2 Å². The maximum atomic E-state index is 12.3. The lowest BCUT2D eigenvalue weighted by molar-refractivity contribution is -0.0529. The average Bonchev–Trinajstić information content (AvgIpc) is 2.67. The number of ether oxygens (including phenoxy) is 3. The minimum Gasteiger partial charge on any atom is -0.473 e. The highest BCUT2D eigenvalue weighted by atomic mass is 19.3. The van der Waals surface area contributed by atoms with Crippen molar-refractivity contribution >= 4 is 0 Å². The number of pyridine rings is 2. The van der Waals surface area contributed by atoms with E-state index in [0.717, 1.165) is 17.5 Å². The predicted molar refractivity (Wildman–Crippen MR) is 95.3 cm³/mol. The Morgan fingerprint density at radius 1 is 0.926 bits per heavy atom. The Bertz CT molecular complexity index is 876. The van der Waals surface area contributed by atoms with Crippen molar-refractivity contribution in [3.63, 3.8) is 0 Å². The van der Waals surface area contributed by atoms with E-state index in [9.17, 15) is 8.78 Å². The number of aryl methyl sites for hydroxylation is 1. The Balaban J connectivity index is 1.75. The zero-order valence-corrected chi connectivity index (χ0v) is 14.6. The van der Waals surface area contributed by atoms with Crippen LogP contribution in [0.15, 0.2) is 60.8 Å². The highest BCUT2D eigenvalue weighted by Gasteiger charge is 2.09. The molecule has 140 valence electrons. The van der Waals surface area contributed by atoms with Crippen molar-refractivity contribution in [1.29, 1.82) is 0 Å². The SMILES string of the molecule is CCc1cc(OCc2ccccc2)nc(Oc2ccnc(OC(F)F)c2)c1. The summed E-state index contributed by atoms with van der Waals surface area (Å²) in [5, 5.41) is 0. The third-order valence-corrected chi connectivity index (χ3v) is 3.61. The molecule has 27 heavy (non-hydrogen) atoms. The van der Waals surface area contributed by atoms with Gasteiger partial charge in [-0.05, 0) is 23.6 Å². The monoisotopic (exact) mass is 372 g/mol. The zero-order chi connectivity index (χ0) is 19.1. The minimum absolute atomic E-state index is 0.227. The Kier molecular flexibility index (Phi) is 6.14. The molecule has 3 rings (SSSR count). The maximum absolute atomic E-state index is 12.3. The lowest BCUT2D eigenvalue weighted by atomic mass is 10.2. The van der Waals surface area contributed by atoms with Gasteiger partial charge >= 0.3 is 6.61 Å². The Morgan fingerprint density at radius 3 is 2.44 bits per heavy atom. The van der Waals surface area contributed by atoms with Crippen molar-refractivity contribution in [2.75, 3.05) is 0 Å². The van der Waals surface area contributed by atoms with E-state index in [-0.39, 0.29) is 11.6 Å². The van der Waals surface area contributed by atoms with E-state index in [2.05, 4.69) is 14.7 Å². The van der Waals surface area contributed by atoms with Gasteiger partial charge in [-0.15, -0.1) is 0 Å². The van der Waals surface area contributed by atoms with Gasteiger partial charge in [0.1, 0.15) is 12.4 Å². The summed E-state index contributed by atoms with van der Waals surface area (Å²) in [6.45, 7) is -0.573. The van der Waals surface area contributed by atoms with Crippen LogP contribution in [0, 0.1) is 0 Å². The molecule has 0 N–H and O–H groups in total. The van der Waals surface area contributed by atoms with Gasteiger partial charge in [-0.2, -0.15) is 13.8 Å². The molecule has 7 heteroatoms. The average molecular weight is 372 g/mol. The molecule has 0 radical (unpaired) electrons. The van der Waals surface area contributed by atoms with Crippen molar-refractivity contribution in [2.24, 2.45) is 0 Å². The summed E-state index contributed by atoms with van der Waals surface area (Å²) in [5.74, 6) is 0.781. The molecule has 2 heterocycles. The summed E-state index contributed by atoms with van der Waals surface area (Å²) in [6, 6.07) is 16.1. The van der Waals surface area contributed by atoms with Crippen LogP contribution in [0.5, 0.6) is 23.4 Å². The van der Waals surface area contributed by atoms with E-state index in [4.69, 9.17) is 9.47 Å². The van der Waals surface area contributed by atoms with Gasteiger partial charge in [-0.3, -0.25) is 0 Å². The number of alkyl halides is 2. The second-order valence-electron chi connectivity index (χ2n) is 5.59. The fourth-order valence-electron chi connectivity index (χ4n) is 2.33. The number of halogens is 2. The summed E-state index contributed by atoms with van der Waals surface area (Å²) in [7, 11) is 0. The molecule has 3 aromatic rings. The number of benzene rings is 1. The number of rotatable bonds is 8. The van der Waals surface area contributed by atoms with Crippen LogP contribution in [-0.2, 0) is 13.0 Å². The van der Waals surface area contributed by atoms with E-state index in [1.807, 2.05) is 43.3 Å². The number of hydrogen-bond donors (Lipinski definition) is 0. The highest BCUT2D eigenvalue weighted by Crippen LogP contribution is 2.26. The van der Waals surface area contributed by atoms with Crippen molar-refractivity contribution in [3.05, 3.63) is 71.9 Å². The van der Waals surface area contributed by atoms with Gasteiger partial charge in [0.05, 0.1) is 0 Å². The first-order chi connectivity index (χ1) is 13.1. The second-order valence-corrected chi connectivity index (χ2v) is 5.59. The van der Waals surface area contributed by atoms with Crippen LogP contribution in [-0.4, -0.2) is 16.6 Å². The summed E-state index contributed by atoms with van der Waals surface area (Å²) in [4.78, 5) is 8.04. The topological polar surface area (TPSA) is 53.5 Å². The minimum atomic E-state index is -2.95. The molecule has 0 saturated carbocycles. The van der Waals surface area contributed by atoms with E-state index >= 15 is 0 Å². The molecule has 0 amide bonds. The summed E-state index contributed by atoms with van der Waals surface area (Å²) >= 11 is 0. The van der Waals surface area contributed by atoms with Crippen molar-refractivity contribution in [2.45, 2.75) is 26.6 Å². The van der Waals surface area contributed by atoms with E-state index in [0.29, 0.717) is 18.4 Å². The molecule has 0 aliphatic rings. The number of aromatic nitrogens is 2. The summed E-state index contributed by atoms with van der Waals surface area (Å²) in [6.07, 6.45) is 2.08. The number of nitrogens with zero attached hydrogens (tertiary/aromatic N) is 2. The zero-order valence-electron chi connectivity index (χ0n) is 14.6. The van der Waals surface area contributed by atoms with Gasteiger partial charge in [-0.25, -0.2) is 4.98 Å². The molecule has 0 spiro atoms. The standard InChI is InChI=1S/C20H18F2N2O3/c1-2-14-10-18(25-13-15-6-4-3-5-7-15)24-19(11-14)26-16-8-9-23-17(12-16)27-20(21)22/h3-12,20H,2,13H2,1H3. The quantitative estimate of drug-likeness (QED) is 0.556. The van der Waals surface area contributed by atoms with Crippen LogP contribution in [0.25, 0.3) is 0 Å². The second kappa shape index (κ2) is 8.93. The van der Waals surface area contributed by atoms with Crippen LogP contribution >= 0.6 is 0 Å².